The largest absolute Gasteiger partial charge is 0.480 e. The number of aliphatic hydroxyl groups is 2. The Hall–Kier alpha value is -0.650. The summed E-state index contributed by atoms with van der Waals surface area (Å²) in [6, 6.07) is 0. The molecule has 0 aromatic heterocycles. The highest BCUT2D eigenvalue weighted by atomic mass is 16.4. The Morgan fingerprint density at radius 3 is 1.78 bits per heavy atom. The number of aliphatic hydroxyl groups excluding tert-OH is 2. The number of nitrogens with two attached hydrogens (primary N) is 1. The Bertz CT molecular complexity index is 109. The Kier molecular flexibility index (Phi) is 2.57. The average Bonchev–Trinajstić information content (AvgIpc) is 1.86. The number of rotatable bonds is 3. The maximum Gasteiger partial charge on any atom is 0.328 e. The van der Waals surface area contributed by atoms with E-state index in [1.807, 2.05) is 0 Å². The molecule has 0 bridgehead atoms. The summed E-state index contributed by atoms with van der Waals surface area (Å²) < 4.78 is 0. The molecule has 0 radical (unpaired) electrons. The van der Waals surface area contributed by atoms with Crippen LogP contribution in [-0.2, 0) is 4.79 Å². The molecule has 0 fully saturated rings. The van der Waals surface area contributed by atoms with E-state index in [1.54, 1.807) is 0 Å². The van der Waals surface area contributed by atoms with Crippen molar-refractivity contribution in [3.8, 4) is 0 Å². The first-order chi connectivity index (χ1) is 4.06. The fraction of sp³-hybridized carbons (Fsp3) is 0.750. The molecule has 0 aliphatic heterocycles. The van der Waals surface area contributed by atoms with E-state index in [9.17, 15) is 4.79 Å². The van der Waals surface area contributed by atoms with Crippen molar-refractivity contribution in [2.45, 2.75) is 5.54 Å². The first-order valence-electron chi connectivity index (χ1n) is 2.31. The van der Waals surface area contributed by atoms with Crippen molar-refractivity contribution in [1.82, 2.24) is 0 Å². The van der Waals surface area contributed by atoms with Crippen LogP contribution >= 0.6 is 0 Å². The second kappa shape index (κ2) is 2.77. The number of carboxylic acid groups (broad SMARTS) is 1. The Labute approximate surface area is 51.7 Å². The lowest BCUT2D eigenvalue weighted by atomic mass is 10.1. The molecular weight excluding hydrogens is 126 g/mol. The van der Waals surface area contributed by atoms with E-state index in [0.29, 0.717) is 0 Å². The molecule has 0 aromatic rings. The van der Waals surface area contributed by atoms with Crippen LogP contribution in [0.15, 0.2) is 0 Å². The highest BCUT2D eigenvalue weighted by molar-refractivity contribution is 5.78. The Morgan fingerprint density at radius 1 is 1.44 bits per heavy atom. The number of hydrogen-bond donors (Lipinski definition) is 4. The number of hydrogen-bond acceptors (Lipinski definition) is 4. The molecule has 0 heterocycles. The lowest BCUT2D eigenvalue weighted by Crippen LogP contribution is -2.54. The van der Waals surface area contributed by atoms with E-state index in [2.05, 4.69) is 0 Å². The highest BCUT2D eigenvalue weighted by Crippen LogP contribution is 1.95. The summed E-state index contributed by atoms with van der Waals surface area (Å²) in [6.45, 7) is -1.53. The zero-order chi connectivity index (χ0) is 7.49. The van der Waals surface area contributed by atoms with Crippen LogP contribution in [0.4, 0.5) is 0 Å². The standard InChI is InChI=1S/C4H9NO4/c5-4(1-6,2-7)3(8)9/h6-7H,1-2,5H2,(H,8,9). The second-order valence-electron chi connectivity index (χ2n) is 1.78. The van der Waals surface area contributed by atoms with Crippen LogP contribution in [0.5, 0.6) is 0 Å². The third-order valence-electron chi connectivity index (χ3n) is 0.990. The van der Waals surface area contributed by atoms with Gasteiger partial charge in [-0.05, 0) is 0 Å². The highest BCUT2D eigenvalue weighted by Gasteiger charge is 2.32. The van der Waals surface area contributed by atoms with Crippen LogP contribution in [0.25, 0.3) is 0 Å². The minimum Gasteiger partial charge on any atom is -0.480 e. The summed E-state index contributed by atoms with van der Waals surface area (Å²) in [7, 11) is 0. The number of carboxylic acids is 1. The van der Waals surface area contributed by atoms with Crippen molar-refractivity contribution in [3.05, 3.63) is 0 Å². The third kappa shape index (κ3) is 1.63. The van der Waals surface area contributed by atoms with Crippen molar-refractivity contribution in [2.75, 3.05) is 13.2 Å². The molecule has 0 atom stereocenters. The van der Waals surface area contributed by atoms with Crippen molar-refractivity contribution < 1.29 is 20.1 Å². The van der Waals surface area contributed by atoms with E-state index in [-0.39, 0.29) is 0 Å². The quantitative estimate of drug-likeness (QED) is 0.350. The number of carbonyl (C=O) groups is 1. The lowest BCUT2D eigenvalue weighted by Gasteiger charge is -2.17. The zero-order valence-corrected chi connectivity index (χ0v) is 4.74. The molecule has 54 valence electrons. The van der Waals surface area contributed by atoms with Gasteiger partial charge in [0, 0.05) is 0 Å². The first kappa shape index (κ1) is 8.35. The molecule has 0 saturated heterocycles. The van der Waals surface area contributed by atoms with Crippen molar-refractivity contribution >= 4 is 5.97 Å². The van der Waals surface area contributed by atoms with Gasteiger partial charge in [-0.2, -0.15) is 0 Å². The van der Waals surface area contributed by atoms with E-state index in [4.69, 9.17) is 21.1 Å². The third-order valence-corrected chi connectivity index (χ3v) is 0.990. The molecular formula is C4H9NO4. The smallest absolute Gasteiger partial charge is 0.328 e. The van der Waals surface area contributed by atoms with Gasteiger partial charge in [-0.1, -0.05) is 0 Å². The minimum atomic E-state index is -1.89. The predicted molar refractivity (Wildman–Crippen MR) is 28.7 cm³/mol. The van der Waals surface area contributed by atoms with Gasteiger partial charge >= 0.3 is 5.97 Å². The maximum atomic E-state index is 10.0. The molecule has 0 amide bonds. The van der Waals surface area contributed by atoms with Crippen LogP contribution in [-0.4, -0.2) is 40.0 Å². The lowest BCUT2D eigenvalue weighted by molar-refractivity contribution is -0.146. The summed E-state index contributed by atoms with van der Waals surface area (Å²) in [6.07, 6.45) is 0. The molecule has 0 rings (SSSR count). The summed E-state index contributed by atoms with van der Waals surface area (Å²) >= 11 is 0. The molecule has 0 unspecified atom stereocenters. The SMILES string of the molecule is NC(CO)(CO)C(=O)O. The maximum absolute atomic E-state index is 10.0. The van der Waals surface area contributed by atoms with E-state index in [1.165, 1.54) is 0 Å². The minimum absolute atomic E-state index is 0.765. The van der Waals surface area contributed by atoms with Gasteiger partial charge in [-0.25, -0.2) is 0 Å². The normalized spacial score (nSPS) is 11.4. The van der Waals surface area contributed by atoms with Crippen LogP contribution in [0.3, 0.4) is 0 Å². The van der Waals surface area contributed by atoms with Gasteiger partial charge in [0.1, 0.15) is 0 Å². The van der Waals surface area contributed by atoms with Crippen LogP contribution in [0.2, 0.25) is 0 Å². The van der Waals surface area contributed by atoms with Crippen molar-refractivity contribution in [1.29, 1.82) is 0 Å². The molecule has 0 spiro atoms. The summed E-state index contributed by atoms with van der Waals surface area (Å²) in [5, 5.41) is 24.8. The second-order valence-corrected chi connectivity index (χ2v) is 1.78. The summed E-state index contributed by atoms with van der Waals surface area (Å²) in [4.78, 5) is 10.0. The monoisotopic (exact) mass is 135 g/mol. The van der Waals surface area contributed by atoms with Crippen LogP contribution in [0.1, 0.15) is 0 Å². The average molecular weight is 135 g/mol. The van der Waals surface area contributed by atoms with Gasteiger partial charge < -0.3 is 21.1 Å². The fourth-order valence-electron chi connectivity index (χ4n) is 0.185. The molecule has 5 heteroatoms. The van der Waals surface area contributed by atoms with Gasteiger partial charge in [0.05, 0.1) is 13.2 Å². The van der Waals surface area contributed by atoms with E-state index in [0.717, 1.165) is 0 Å². The molecule has 0 aromatic carbocycles. The topological polar surface area (TPSA) is 104 Å². The van der Waals surface area contributed by atoms with Gasteiger partial charge in [-0.15, -0.1) is 0 Å². The van der Waals surface area contributed by atoms with E-state index >= 15 is 0 Å². The molecule has 5 nitrogen and oxygen atoms in total. The molecule has 5 N–H and O–H groups in total. The summed E-state index contributed by atoms with van der Waals surface area (Å²) in [5.74, 6) is -1.41. The molecule has 9 heavy (non-hydrogen) atoms. The summed E-state index contributed by atoms with van der Waals surface area (Å²) in [5.41, 5.74) is 3.05. The zero-order valence-electron chi connectivity index (χ0n) is 4.74. The molecule has 0 aliphatic carbocycles. The van der Waals surface area contributed by atoms with Crippen molar-refractivity contribution in [3.63, 3.8) is 0 Å². The first-order valence-corrected chi connectivity index (χ1v) is 2.31. The number of aliphatic carboxylic acids is 1. The fourth-order valence-corrected chi connectivity index (χ4v) is 0.185. The van der Waals surface area contributed by atoms with E-state index < -0.39 is 24.7 Å². The predicted octanol–water partition coefficient (Wildman–Crippen LogP) is -2.25. The molecule has 0 aliphatic rings. The molecule has 0 saturated carbocycles. The Balaban J connectivity index is 4.09. The van der Waals surface area contributed by atoms with Gasteiger partial charge in [-0.3, -0.25) is 4.79 Å². The van der Waals surface area contributed by atoms with Crippen molar-refractivity contribution in [2.24, 2.45) is 5.73 Å². The Morgan fingerprint density at radius 2 is 1.78 bits per heavy atom. The van der Waals surface area contributed by atoms with Gasteiger partial charge in [0.25, 0.3) is 0 Å². The van der Waals surface area contributed by atoms with Gasteiger partial charge in [0.15, 0.2) is 5.54 Å². The van der Waals surface area contributed by atoms with Crippen LogP contribution < -0.4 is 5.73 Å². The van der Waals surface area contributed by atoms with Gasteiger partial charge in [0.2, 0.25) is 0 Å². The van der Waals surface area contributed by atoms with Crippen LogP contribution in [0, 0.1) is 0 Å².